The van der Waals surface area contributed by atoms with Crippen LogP contribution in [-0.2, 0) is 14.3 Å². The normalized spacial score (nSPS) is 17.8. The number of phenols is 1. The highest BCUT2D eigenvalue weighted by atomic mass is 16.6. The first kappa shape index (κ1) is 23.9. The van der Waals surface area contributed by atoms with Gasteiger partial charge >= 0.3 is 6.09 Å². The number of ether oxygens (including phenoxy) is 1. The molecule has 8 nitrogen and oxygen atoms in total. The zero-order chi connectivity index (χ0) is 23.3. The lowest BCUT2D eigenvalue weighted by molar-refractivity contribution is -0.141. The monoisotopic (exact) mass is 445 g/mol. The Hall–Kier alpha value is -2.77. The maximum Gasteiger partial charge on any atom is 0.408 e. The second-order valence-electron chi connectivity index (χ2n) is 9.73. The van der Waals surface area contributed by atoms with Crippen LogP contribution in [0.3, 0.4) is 0 Å². The molecule has 0 heterocycles. The first-order valence-corrected chi connectivity index (χ1v) is 11.5. The van der Waals surface area contributed by atoms with E-state index in [0.29, 0.717) is 5.56 Å². The van der Waals surface area contributed by atoms with Gasteiger partial charge in [-0.05, 0) is 64.2 Å². The lowest BCUT2D eigenvalue weighted by Crippen LogP contribution is -2.50. The van der Waals surface area contributed by atoms with Gasteiger partial charge in [0.05, 0.1) is 0 Å². The molecule has 1 atom stereocenters. The standard InChI is InChI=1S/C24H35N3O5/c1-24(2,3)32-23(31)25-15-20(29)27(18-11-12-18)21(16-9-13-19(28)14-10-16)22(30)26-17-7-5-4-6-8-17/h9-10,13-14,17-18,21,28H,4-8,11-12,15H2,1-3H3,(H,25,31)(H,26,30). The third-order valence-corrected chi connectivity index (χ3v) is 5.70. The van der Waals surface area contributed by atoms with Crippen molar-refractivity contribution in [2.75, 3.05) is 6.54 Å². The second kappa shape index (κ2) is 10.2. The van der Waals surface area contributed by atoms with Crippen molar-refractivity contribution >= 4 is 17.9 Å². The Morgan fingerprint density at radius 2 is 1.69 bits per heavy atom. The predicted octanol–water partition coefficient (Wildman–Crippen LogP) is 3.40. The lowest BCUT2D eigenvalue weighted by Gasteiger charge is -2.33. The van der Waals surface area contributed by atoms with Gasteiger partial charge in [-0.15, -0.1) is 0 Å². The summed E-state index contributed by atoms with van der Waals surface area (Å²) in [5.41, 5.74) is -0.0359. The molecule has 0 saturated heterocycles. The van der Waals surface area contributed by atoms with Gasteiger partial charge in [0.2, 0.25) is 11.8 Å². The minimum absolute atomic E-state index is 0.0566. The number of aromatic hydroxyl groups is 1. The molecule has 3 N–H and O–H groups in total. The number of carbonyl (C=O) groups excluding carboxylic acids is 3. The molecule has 8 heteroatoms. The number of hydrogen-bond acceptors (Lipinski definition) is 5. The molecular weight excluding hydrogens is 410 g/mol. The van der Waals surface area contributed by atoms with Crippen LogP contribution >= 0.6 is 0 Å². The van der Waals surface area contributed by atoms with Gasteiger partial charge in [-0.3, -0.25) is 9.59 Å². The number of hydrogen-bond donors (Lipinski definition) is 3. The van der Waals surface area contributed by atoms with Gasteiger partial charge in [-0.2, -0.15) is 0 Å². The number of alkyl carbamates (subject to hydrolysis) is 1. The van der Waals surface area contributed by atoms with Gasteiger partial charge < -0.3 is 25.4 Å². The van der Waals surface area contributed by atoms with Crippen molar-refractivity contribution < 1.29 is 24.2 Å². The molecule has 2 aliphatic rings. The van der Waals surface area contributed by atoms with E-state index in [9.17, 15) is 19.5 Å². The average molecular weight is 446 g/mol. The summed E-state index contributed by atoms with van der Waals surface area (Å²) in [5.74, 6) is -0.466. The fourth-order valence-corrected chi connectivity index (χ4v) is 4.09. The Morgan fingerprint density at radius 3 is 2.25 bits per heavy atom. The van der Waals surface area contributed by atoms with E-state index in [-0.39, 0.29) is 36.2 Å². The summed E-state index contributed by atoms with van der Waals surface area (Å²) >= 11 is 0. The molecule has 32 heavy (non-hydrogen) atoms. The van der Waals surface area contributed by atoms with Gasteiger partial charge in [0.25, 0.3) is 0 Å². The number of carbonyl (C=O) groups is 3. The first-order chi connectivity index (χ1) is 15.1. The van der Waals surface area contributed by atoms with Crippen molar-refractivity contribution in [3.63, 3.8) is 0 Å². The van der Waals surface area contributed by atoms with Crippen molar-refractivity contribution in [3.05, 3.63) is 29.8 Å². The third-order valence-electron chi connectivity index (χ3n) is 5.70. The van der Waals surface area contributed by atoms with Crippen LogP contribution in [0.5, 0.6) is 5.75 Å². The van der Waals surface area contributed by atoms with Crippen LogP contribution in [0.1, 0.15) is 77.3 Å². The predicted molar refractivity (Wildman–Crippen MR) is 120 cm³/mol. The van der Waals surface area contributed by atoms with Gasteiger partial charge in [0.15, 0.2) is 0 Å². The number of rotatable bonds is 7. The van der Waals surface area contributed by atoms with Crippen molar-refractivity contribution in [2.24, 2.45) is 0 Å². The van der Waals surface area contributed by atoms with Crippen molar-refractivity contribution in [2.45, 2.75) is 89.4 Å². The highest BCUT2D eigenvalue weighted by Crippen LogP contribution is 2.35. The van der Waals surface area contributed by atoms with E-state index >= 15 is 0 Å². The van der Waals surface area contributed by atoms with Crippen LogP contribution in [-0.4, -0.2) is 52.1 Å². The summed E-state index contributed by atoms with van der Waals surface area (Å²) in [6.07, 6.45) is 6.16. The smallest absolute Gasteiger partial charge is 0.408 e. The maximum absolute atomic E-state index is 13.4. The fraction of sp³-hybridized carbons (Fsp3) is 0.625. The Labute approximate surface area is 189 Å². The zero-order valence-electron chi connectivity index (χ0n) is 19.2. The molecular formula is C24H35N3O5. The quantitative estimate of drug-likeness (QED) is 0.596. The summed E-state index contributed by atoms with van der Waals surface area (Å²) in [6, 6.07) is 5.60. The lowest BCUT2D eigenvalue weighted by atomic mass is 9.94. The van der Waals surface area contributed by atoms with Crippen LogP contribution in [0.15, 0.2) is 24.3 Å². The largest absolute Gasteiger partial charge is 0.508 e. The van der Waals surface area contributed by atoms with Crippen LogP contribution in [0, 0.1) is 0 Å². The molecule has 1 aromatic rings. The number of nitrogens with one attached hydrogen (secondary N) is 2. The van der Waals surface area contributed by atoms with Gasteiger partial charge in [0, 0.05) is 12.1 Å². The average Bonchev–Trinajstić information content (AvgIpc) is 3.55. The van der Waals surface area contributed by atoms with E-state index in [0.717, 1.165) is 38.5 Å². The highest BCUT2D eigenvalue weighted by Gasteiger charge is 2.41. The summed E-state index contributed by atoms with van der Waals surface area (Å²) in [5, 5.41) is 15.4. The van der Waals surface area contributed by atoms with Crippen LogP contribution in [0.25, 0.3) is 0 Å². The third kappa shape index (κ3) is 6.87. The topological polar surface area (TPSA) is 108 Å². The van der Waals surface area contributed by atoms with Crippen molar-refractivity contribution in [3.8, 4) is 5.75 Å². The molecule has 2 aliphatic carbocycles. The fourth-order valence-electron chi connectivity index (χ4n) is 4.09. The SMILES string of the molecule is CC(C)(C)OC(=O)NCC(=O)N(C1CC1)C(C(=O)NC1CCCCC1)c1ccc(O)cc1. The summed E-state index contributed by atoms with van der Waals surface area (Å²) in [7, 11) is 0. The molecule has 0 bridgehead atoms. The van der Waals surface area contributed by atoms with Crippen LogP contribution in [0.4, 0.5) is 4.79 Å². The van der Waals surface area contributed by atoms with E-state index in [4.69, 9.17) is 4.74 Å². The molecule has 176 valence electrons. The van der Waals surface area contributed by atoms with Gasteiger partial charge in [0.1, 0.15) is 23.9 Å². The maximum atomic E-state index is 13.4. The zero-order valence-corrected chi connectivity index (χ0v) is 19.2. The van der Waals surface area contributed by atoms with E-state index in [1.807, 2.05) is 0 Å². The Morgan fingerprint density at radius 1 is 1.06 bits per heavy atom. The van der Waals surface area contributed by atoms with E-state index < -0.39 is 17.7 Å². The minimum atomic E-state index is -0.821. The molecule has 0 spiro atoms. The van der Waals surface area contributed by atoms with E-state index in [1.165, 1.54) is 18.6 Å². The summed E-state index contributed by atoms with van der Waals surface area (Å²) in [4.78, 5) is 40.2. The first-order valence-electron chi connectivity index (χ1n) is 11.5. The Bertz CT molecular complexity index is 808. The molecule has 1 unspecified atom stereocenters. The highest BCUT2D eigenvalue weighted by molar-refractivity contribution is 5.91. The van der Waals surface area contributed by atoms with E-state index in [2.05, 4.69) is 10.6 Å². The van der Waals surface area contributed by atoms with Gasteiger partial charge in [-0.1, -0.05) is 31.4 Å². The number of amides is 3. The molecule has 3 rings (SSSR count). The summed E-state index contributed by atoms with van der Waals surface area (Å²) < 4.78 is 5.22. The van der Waals surface area contributed by atoms with E-state index in [1.54, 1.807) is 37.8 Å². The molecule has 2 fully saturated rings. The number of nitrogens with zero attached hydrogens (tertiary/aromatic N) is 1. The van der Waals surface area contributed by atoms with Crippen molar-refractivity contribution in [1.82, 2.24) is 15.5 Å². The Kier molecular flexibility index (Phi) is 7.64. The van der Waals surface area contributed by atoms with Gasteiger partial charge in [-0.25, -0.2) is 4.79 Å². The van der Waals surface area contributed by atoms with Crippen LogP contribution in [0.2, 0.25) is 0 Å². The molecule has 3 amide bonds. The number of benzene rings is 1. The molecule has 0 aliphatic heterocycles. The summed E-state index contributed by atoms with van der Waals surface area (Å²) in [6.45, 7) is 5.00. The Balaban J connectivity index is 1.78. The van der Waals surface area contributed by atoms with Crippen molar-refractivity contribution in [1.29, 1.82) is 0 Å². The molecule has 2 saturated carbocycles. The second-order valence-corrected chi connectivity index (χ2v) is 9.73. The minimum Gasteiger partial charge on any atom is -0.508 e. The number of phenolic OH excluding ortho intramolecular Hbond substituents is 1. The molecule has 1 aromatic carbocycles. The van der Waals surface area contributed by atoms with Crippen LogP contribution < -0.4 is 10.6 Å². The molecule has 0 radical (unpaired) electrons. The molecule has 0 aromatic heterocycles.